The smallest absolute Gasteiger partial charge is 0.292 e. The first-order chi connectivity index (χ1) is 9.38. The second kappa shape index (κ2) is 6.01. The van der Waals surface area contributed by atoms with Gasteiger partial charge < -0.3 is 10.0 Å². The Morgan fingerprint density at radius 3 is 2.50 bits per heavy atom. The van der Waals surface area contributed by atoms with Crippen LogP contribution < -0.4 is 4.90 Å². The zero-order chi connectivity index (χ0) is 14.9. The summed E-state index contributed by atoms with van der Waals surface area (Å²) in [5.74, 6) is 0. The van der Waals surface area contributed by atoms with Crippen molar-refractivity contribution in [2.24, 2.45) is 0 Å². The van der Waals surface area contributed by atoms with Crippen LogP contribution in [0.3, 0.4) is 0 Å². The summed E-state index contributed by atoms with van der Waals surface area (Å²) in [4.78, 5) is 13.0. The van der Waals surface area contributed by atoms with Gasteiger partial charge in [-0.3, -0.25) is 10.1 Å². The first-order valence-electron chi connectivity index (χ1n) is 6.75. The first kappa shape index (κ1) is 15.1. The van der Waals surface area contributed by atoms with E-state index in [1.807, 2.05) is 11.8 Å². The van der Waals surface area contributed by atoms with E-state index in [1.54, 1.807) is 19.1 Å². The highest BCUT2D eigenvalue weighted by molar-refractivity contribution is 8.00. The minimum absolute atomic E-state index is 0.0784. The van der Waals surface area contributed by atoms with Crippen molar-refractivity contribution in [3.63, 3.8) is 0 Å². The predicted molar refractivity (Wildman–Crippen MR) is 82.5 cm³/mol. The number of thioether (sulfide) groups is 1. The lowest BCUT2D eigenvalue weighted by Crippen LogP contribution is -2.40. The standard InChI is InChI=1S/C14H20N2O3S/c1-9-7-15(8-10(2)20-9)13-5-4-12(11(3)17)6-14(13)16(18)19/h4-6,9-11,17H,7-8H2,1-3H3/t9?,10?,11-/m0/s1. The van der Waals surface area contributed by atoms with Crippen molar-refractivity contribution >= 4 is 23.1 Å². The summed E-state index contributed by atoms with van der Waals surface area (Å²) >= 11 is 1.91. The van der Waals surface area contributed by atoms with Crippen molar-refractivity contribution in [2.75, 3.05) is 18.0 Å². The Balaban J connectivity index is 2.37. The van der Waals surface area contributed by atoms with Crippen LogP contribution in [0.1, 0.15) is 32.4 Å². The second-order valence-corrected chi connectivity index (χ2v) is 7.23. The van der Waals surface area contributed by atoms with Gasteiger partial charge in [0, 0.05) is 29.7 Å². The van der Waals surface area contributed by atoms with Gasteiger partial charge in [-0.1, -0.05) is 19.9 Å². The number of hydrogen-bond donors (Lipinski definition) is 1. The molecule has 5 nitrogen and oxygen atoms in total. The normalized spacial score (nSPS) is 24.5. The Morgan fingerprint density at radius 2 is 2.00 bits per heavy atom. The molecule has 1 aliphatic rings. The first-order valence-corrected chi connectivity index (χ1v) is 7.69. The Kier molecular flexibility index (Phi) is 4.55. The molecule has 1 saturated heterocycles. The third kappa shape index (κ3) is 3.24. The summed E-state index contributed by atoms with van der Waals surface area (Å²) in [5.41, 5.74) is 1.31. The molecule has 0 radical (unpaired) electrons. The number of aliphatic hydroxyl groups is 1. The molecule has 1 aromatic rings. The highest BCUT2D eigenvalue weighted by Gasteiger charge is 2.27. The van der Waals surface area contributed by atoms with E-state index in [-0.39, 0.29) is 10.6 Å². The molecule has 1 aliphatic heterocycles. The summed E-state index contributed by atoms with van der Waals surface area (Å²) < 4.78 is 0. The number of anilines is 1. The van der Waals surface area contributed by atoms with E-state index < -0.39 is 6.10 Å². The van der Waals surface area contributed by atoms with Gasteiger partial charge in [0.2, 0.25) is 0 Å². The molecule has 2 rings (SSSR count). The maximum absolute atomic E-state index is 11.3. The average molecular weight is 296 g/mol. The van der Waals surface area contributed by atoms with Crippen molar-refractivity contribution in [3.05, 3.63) is 33.9 Å². The quantitative estimate of drug-likeness (QED) is 0.686. The molecular weight excluding hydrogens is 276 g/mol. The fourth-order valence-electron chi connectivity index (χ4n) is 2.59. The third-order valence-corrected chi connectivity index (χ3v) is 4.67. The summed E-state index contributed by atoms with van der Waals surface area (Å²) in [6.45, 7) is 7.51. The third-order valence-electron chi connectivity index (χ3n) is 3.44. The van der Waals surface area contributed by atoms with Crippen LogP contribution in [-0.2, 0) is 0 Å². The zero-order valence-electron chi connectivity index (χ0n) is 11.9. The van der Waals surface area contributed by atoms with Gasteiger partial charge in [-0.15, -0.1) is 0 Å². The van der Waals surface area contributed by atoms with Gasteiger partial charge in [-0.2, -0.15) is 11.8 Å². The van der Waals surface area contributed by atoms with Gasteiger partial charge in [0.25, 0.3) is 5.69 Å². The number of nitrogens with zero attached hydrogens (tertiary/aromatic N) is 2. The van der Waals surface area contributed by atoms with E-state index >= 15 is 0 Å². The van der Waals surface area contributed by atoms with E-state index in [0.29, 0.717) is 21.8 Å². The molecule has 20 heavy (non-hydrogen) atoms. The summed E-state index contributed by atoms with van der Waals surface area (Å²) in [5, 5.41) is 21.8. The topological polar surface area (TPSA) is 66.6 Å². The monoisotopic (exact) mass is 296 g/mol. The lowest BCUT2D eigenvalue weighted by molar-refractivity contribution is -0.384. The van der Waals surface area contributed by atoms with Crippen LogP contribution in [-0.4, -0.2) is 33.6 Å². The molecule has 6 heteroatoms. The maximum Gasteiger partial charge on any atom is 0.292 e. The Labute approximate surface area is 123 Å². The minimum atomic E-state index is -0.697. The van der Waals surface area contributed by atoms with Crippen LogP contribution in [0.5, 0.6) is 0 Å². The lowest BCUT2D eigenvalue weighted by atomic mass is 10.1. The van der Waals surface area contributed by atoms with Crippen LogP contribution in [0, 0.1) is 10.1 Å². The molecule has 1 aromatic carbocycles. The zero-order valence-corrected chi connectivity index (χ0v) is 12.8. The van der Waals surface area contributed by atoms with E-state index in [9.17, 15) is 15.2 Å². The molecule has 1 N–H and O–H groups in total. The van der Waals surface area contributed by atoms with E-state index in [0.717, 1.165) is 13.1 Å². The van der Waals surface area contributed by atoms with Gasteiger partial charge >= 0.3 is 0 Å². The van der Waals surface area contributed by atoms with Crippen molar-refractivity contribution in [1.82, 2.24) is 0 Å². The number of rotatable bonds is 3. The number of benzene rings is 1. The maximum atomic E-state index is 11.3. The van der Waals surface area contributed by atoms with Crippen LogP contribution >= 0.6 is 11.8 Å². The Morgan fingerprint density at radius 1 is 1.40 bits per heavy atom. The fraction of sp³-hybridized carbons (Fsp3) is 0.571. The molecule has 1 fully saturated rings. The second-order valence-electron chi connectivity index (χ2n) is 5.34. The molecule has 2 unspecified atom stereocenters. The molecular formula is C14H20N2O3S. The van der Waals surface area contributed by atoms with Gasteiger partial charge in [0.1, 0.15) is 5.69 Å². The van der Waals surface area contributed by atoms with Gasteiger partial charge in [-0.25, -0.2) is 0 Å². The number of nitro benzene ring substituents is 1. The highest BCUT2D eigenvalue weighted by atomic mass is 32.2. The SMILES string of the molecule is CC1CN(c2ccc([C@H](C)O)cc2[N+](=O)[O-])CC(C)S1. The molecule has 0 aliphatic carbocycles. The van der Waals surface area contributed by atoms with Crippen LogP contribution in [0.4, 0.5) is 11.4 Å². The fourth-order valence-corrected chi connectivity index (χ4v) is 3.91. The largest absolute Gasteiger partial charge is 0.389 e. The van der Waals surface area contributed by atoms with Gasteiger partial charge in [0.05, 0.1) is 11.0 Å². The molecule has 0 aromatic heterocycles. The van der Waals surface area contributed by atoms with Gasteiger partial charge in [0.15, 0.2) is 0 Å². The van der Waals surface area contributed by atoms with E-state index in [1.165, 1.54) is 6.07 Å². The van der Waals surface area contributed by atoms with Gasteiger partial charge in [-0.05, 0) is 18.6 Å². The minimum Gasteiger partial charge on any atom is -0.389 e. The average Bonchev–Trinajstić information content (AvgIpc) is 2.36. The molecule has 1 heterocycles. The molecule has 0 spiro atoms. The summed E-state index contributed by atoms with van der Waals surface area (Å²) in [6.07, 6.45) is -0.697. The van der Waals surface area contributed by atoms with E-state index in [2.05, 4.69) is 18.7 Å². The summed E-state index contributed by atoms with van der Waals surface area (Å²) in [6, 6.07) is 5.01. The van der Waals surface area contributed by atoms with Crippen molar-refractivity contribution in [3.8, 4) is 0 Å². The van der Waals surface area contributed by atoms with Crippen molar-refractivity contribution in [1.29, 1.82) is 0 Å². The van der Waals surface area contributed by atoms with Crippen molar-refractivity contribution in [2.45, 2.75) is 37.4 Å². The molecule has 0 bridgehead atoms. The molecule has 3 atom stereocenters. The van der Waals surface area contributed by atoms with E-state index in [4.69, 9.17) is 0 Å². The van der Waals surface area contributed by atoms with Crippen LogP contribution in [0.25, 0.3) is 0 Å². The molecule has 0 saturated carbocycles. The number of aliphatic hydroxyl groups excluding tert-OH is 1. The highest BCUT2D eigenvalue weighted by Crippen LogP contribution is 2.35. The summed E-state index contributed by atoms with van der Waals surface area (Å²) in [7, 11) is 0. The number of nitro groups is 1. The van der Waals surface area contributed by atoms with Crippen LogP contribution in [0.15, 0.2) is 18.2 Å². The lowest BCUT2D eigenvalue weighted by Gasteiger charge is -2.36. The molecule has 0 amide bonds. The Hall–Kier alpha value is -1.27. The predicted octanol–water partition coefficient (Wildman–Crippen LogP) is 2.98. The van der Waals surface area contributed by atoms with Crippen LogP contribution in [0.2, 0.25) is 0 Å². The van der Waals surface area contributed by atoms with Crippen molar-refractivity contribution < 1.29 is 10.0 Å². The number of hydrogen-bond acceptors (Lipinski definition) is 5. The Bertz CT molecular complexity index is 497. The molecule has 110 valence electrons.